The predicted molar refractivity (Wildman–Crippen MR) is 115 cm³/mol. The minimum absolute atomic E-state index is 0.0706. The molecule has 172 valence electrons. The van der Waals surface area contributed by atoms with Crippen molar-refractivity contribution in [1.29, 1.82) is 10.5 Å². The molecule has 0 radical (unpaired) electrons. The summed E-state index contributed by atoms with van der Waals surface area (Å²) >= 11 is 0. The Kier molecular flexibility index (Phi) is 5.52. The monoisotopic (exact) mass is 439 g/mol. The molecule has 0 aromatic rings. The molecule has 6 aliphatic rings. The summed E-state index contributed by atoms with van der Waals surface area (Å²) in [5, 5.41) is 30.2. The fraction of sp³-hybridized carbons (Fsp3) is 0.833. The van der Waals surface area contributed by atoms with Gasteiger partial charge in [-0.15, -0.1) is 0 Å². The van der Waals surface area contributed by atoms with E-state index in [4.69, 9.17) is 0 Å². The van der Waals surface area contributed by atoms with Crippen LogP contribution < -0.4 is 0 Å². The topological polar surface area (TPSA) is 112 Å². The van der Waals surface area contributed by atoms with Crippen molar-refractivity contribution < 1.29 is 14.7 Å². The quantitative estimate of drug-likeness (QED) is 0.689. The Morgan fingerprint density at radius 1 is 0.906 bits per heavy atom. The molecule has 8 nitrogen and oxygen atoms in total. The first-order valence-corrected chi connectivity index (χ1v) is 12.2. The van der Waals surface area contributed by atoms with Crippen molar-refractivity contribution in [3.05, 3.63) is 0 Å². The van der Waals surface area contributed by atoms with Gasteiger partial charge in [0.05, 0.1) is 48.5 Å². The maximum atomic E-state index is 13.7. The summed E-state index contributed by atoms with van der Waals surface area (Å²) in [4.78, 5) is 32.8. The number of imide groups is 1. The number of aliphatic hydroxyl groups is 1. The number of amides is 2. The van der Waals surface area contributed by atoms with Crippen LogP contribution in [0.2, 0.25) is 0 Å². The van der Waals surface area contributed by atoms with Crippen molar-refractivity contribution >= 4 is 11.8 Å². The van der Waals surface area contributed by atoms with Gasteiger partial charge in [0, 0.05) is 13.1 Å². The molecule has 1 N–H and O–H groups in total. The van der Waals surface area contributed by atoms with Gasteiger partial charge in [-0.3, -0.25) is 24.3 Å². The smallest absolute Gasteiger partial charge is 0.243 e. The summed E-state index contributed by atoms with van der Waals surface area (Å²) in [6.07, 6.45) is 7.89. The Morgan fingerprint density at radius 2 is 1.41 bits per heavy atom. The Morgan fingerprint density at radius 3 is 1.84 bits per heavy atom. The number of hydrogen-bond donors (Lipinski definition) is 1. The summed E-state index contributed by atoms with van der Waals surface area (Å²) in [5.41, 5.74) is -1.41. The molecule has 6 fully saturated rings. The molecule has 2 amide bonds. The van der Waals surface area contributed by atoms with Crippen LogP contribution in [0.5, 0.6) is 0 Å². The molecule has 6 rings (SSSR count). The van der Waals surface area contributed by atoms with Gasteiger partial charge in [-0.05, 0) is 76.0 Å². The molecule has 4 aliphatic carbocycles. The molecule has 0 aromatic heterocycles. The van der Waals surface area contributed by atoms with E-state index in [0.717, 1.165) is 57.8 Å². The third-order valence-corrected chi connectivity index (χ3v) is 8.67. The first-order chi connectivity index (χ1) is 15.3. The highest BCUT2D eigenvalue weighted by Gasteiger charge is 2.61. The van der Waals surface area contributed by atoms with Crippen LogP contribution in [0.3, 0.4) is 0 Å². The summed E-state index contributed by atoms with van der Waals surface area (Å²) < 4.78 is 0. The van der Waals surface area contributed by atoms with E-state index in [2.05, 4.69) is 12.1 Å². The van der Waals surface area contributed by atoms with E-state index < -0.39 is 11.1 Å². The van der Waals surface area contributed by atoms with Crippen LogP contribution in [0.1, 0.15) is 64.2 Å². The number of rotatable bonds is 5. The van der Waals surface area contributed by atoms with Gasteiger partial charge in [0.25, 0.3) is 0 Å². The lowest BCUT2D eigenvalue weighted by molar-refractivity contribution is -0.189. The van der Waals surface area contributed by atoms with Gasteiger partial charge < -0.3 is 5.11 Å². The van der Waals surface area contributed by atoms with Crippen molar-refractivity contribution in [1.82, 2.24) is 14.7 Å². The first-order valence-electron chi connectivity index (χ1n) is 12.2. The van der Waals surface area contributed by atoms with Crippen molar-refractivity contribution in [2.75, 3.05) is 26.2 Å². The van der Waals surface area contributed by atoms with Gasteiger partial charge in [-0.25, -0.2) is 0 Å². The molecule has 4 saturated carbocycles. The molecule has 4 bridgehead atoms. The Labute approximate surface area is 189 Å². The molecule has 2 saturated heterocycles. The van der Waals surface area contributed by atoms with Crippen LogP contribution in [0.4, 0.5) is 0 Å². The fourth-order valence-electron chi connectivity index (χ4n) is 7.91. The highest BCUT2D eigenvalue weighted by Crippen LogP contribution is 2.59. The SMILES string of the molecule is N#C[C@H]1CCCN1CC(=O)N(C(=O)CN1CCC[C@@H]1C#N)C12C[C@@H]3C[C@@H](CC(O)(C3)C1)C2. The second-order valence-corrected chi connectivity index (χ2v) is 11.0. The van der Waals surface area contributed by atoms with E-state index in [1.807, 2.05) is 9.80 Å². The highest BCUT2D eigenvalue weighted by molar-refractivity contribution is 5.98. The minimum Gasteiger partial charge on any atom is -0.390 e. The zero-order valence-electron chi connectivity index (χ0n) is 18.7. The summed E-state index contributed by atoms with van der Waals surface area (Å²) in [6, 6.07) is 4.01. The normalized spacial score (nSPS) is 40.8. The third kappa shape index (κ3) is 3.73. The minimum atomic E-state index is -0.783. The van der Waals surface area contributed by atoms with Crippen LogP contribution in [0.25, 0.3) is 0 Å². The highest BCUT2D eigenvalue weighted by atomic mass is 16.3. The third-order valence-electron chi connectivity index (χ3n) is 8.67. The van der Waals surface area contributed by atoms with Gasteiger partial charge in [0.15, 0.2) is 0 Å². The molecule has 0 spiro atoms. The molecular formula is C24H33N5O3. The lowest BCUT2D eigenvalue weighted by Gasteiger charge is -2.62. The number of nitriles is 2. The molecule has 2 aliphatic heterocycles. The number of likely N-dealkylation sites (tertiary alicyclic amines) is 2. The van der Waals surface area contributed by atoms with Crippen molar-refractivity contribution in [3.63, 3.8) is 0 Å². The number of carbonyl (C=O) groups excluding carboxylic acids is 2. The molecule has 2 heterocycles. The van der Waals surface area contributed by atoms with E-state index >= 15 is 0 Å². The van der Waals surface area contributed by atoms with Crippen molar-refractivity contribution in [2.24, 2.45) is 11.8 Å². The van der Waals surface area contributed by atoms with Gasteiger partial charge in [-0.1, -0.05) is 0 Å². The van der Waals surface area contributed by atoms with E-state index in [1.165, 1.54) is 4.90 Å². The van der Waals surface area contributed by atoms with Crippen molar-refractivity contribution in [3.8, 4) is 12.1 Å². The maximum Gasteiger partial charge on any atom is 0.243 e. The predicted octanol–water partition coefficient (Wildman–Crippen LogP) is 1.40. The molecule has 32 heavy (non-hydrogen) atoms. The van der Waals surface area contributed by atoms with Crippen LogP contribution in [0, 0.1) is 34.5 Å². The number of nitrogens with zero attached hydrogens (tertiary/aromatic N) is 5. The Bertz CT molecular complexity index is 816. The van der Waals surface area contributed by atoms with Crippen molar-refractivity contribution in [2.45, 2.75) is 87.4 Å². The van der Waals surface area contributed by atoms with E-state index in [1.54, 1.807) is 0 Å². The second-order valence-electron chi connectivity index (χ2n) is 11.0. The first kappa shape index (κ1) is 21.8. The van der Waals surface area contributed by atoms with E-state index in [9.17, 15) is 25.2 Å². The number of hydrogen-bond acceptors (Lipinski definition) is 7. The standard InChI is InChI=1S/C24H33N5O3/c25-12-19-3-1-5-27(19)14-21(30)29(22(31)15-28-6-2-4-20(28)13-26)23-8-17-7-18(9-23)11-24(32,10-17)16-23/h17-20,32H,1-11,14-16H2/t17-,18+,19-,20-,23?,24?/m1/s1. The van der Waals surface area contributed by atoms with E-state index in [-0.39, 0.29) is 37.0 Å². The van der Waals surface area contributed by atoms with E-state index in [0.29, 0.717) is 31.3 Å². The van der Waals surface area contributed by atoms with Gasteiger partial charge in [0.2, 0.25) is 11.8 Å². The molecule has 2 unspecified atom stereocenters. The van der Waals surface area contributed by atoms with Gasteiger partial charge in [-0.2, -0.15) is 10.5 Å². The zero-order valence-corrected chi connectivity index (χ0v) is 18.7. The molecular weight excluding hydrogens is 406 g/mol. The van der Waals surface area contributed by atoms with Gasteiger partial charge >= 0.3 is 0 Å². The van der Waals surface area contributed by atoms with Crippen LogP contribution in [-0.2, 0) is 9.59 Å². The lowest BCUT2D eigenvalue weighted by Crippen LogP contribution is -2.69. The molecule has 8 heteroatoms. The Hall–Kier alpha value is -2.00. The zero-order chi connectivity index (χ0) is 22.5. The lowest BCUT2D eigenvalue weighted by atomic mass is 9.50. The Balaban J connectivity index is 1.42. The van der Waals surface area contributed by atoms with Gasteiger partial charge in [0.1, 0.15) is 0 Å². The summed E-state index contributed by atoms with van der Waals surface area (Å²) in [7, 11) is 0. The average Bonchev–Trinajstić information content (AvgIpc) is 3.34. The second kappa shape index (κ2) is 8.09. The maximum absolute atomic E-state index is 13.7. The molecule has 0 aromatic carbocycles. The molecule has 6 atom stereocenters. The largest absolute Gasteiger partial charge is 0.390 e. The van der Waals surface area contributed by atoms with Crippen LogP contribution >= 0.6 is 0 Å². The van der Waals surface area contributed by atoms with Crippen LogP contribution in [-0.4, -0.2) is 81.0 Å². The van der Waals surface area contributed by atoms with Crippen LogP contribution in [0.15, 0.2) is 0 Å². The summed E-state index contributed by atoms with van der Waals surface area (Å²) in [5.74, 6) is 0.217. The summed E-state index contributed by atoms with van der Waals surface area (Å²) in [6.45, 7) is 1.52. The average molecular weight is 440 g/mol. The fourth-order valence-corrected chi connectivity index (χ4v) is 7.91. The number of carbonyl (C=O) groups is 2.